The lowest BCUT2D eigenvalue weighted by Crippen LogP contribution is -2.33. The number of hydrazine groups is 1. The molecule has 2 heterocycles. The first kappa shape index (κ1) is 33.5. The van der Waals surface area contributed by atoms with E-state index in [0.29, 0.717) is 38.9 Å². The van der Waals surface area contributed by atoms with Gasteiger partial charge in [0.2, 0.25) is 0 Å². The van der Waals surface area contributed by atoms with E-state index in [9.17, 15) is 4.79 Å². The van der Waals surface area contributed by atoms with Crippen molar-refractivity contribution in [1.82, 2.24) is 20.0 Å². The molecule has 2 aromatic heterocycles. The highest BCUT2D eigenvalue weighted by Gasteiger charge is 2.25. The minimum Gasteiger partial charge on any atom is -0.494 e. The average molecular weight is 628 g/mol. The van der Waals surface area contributed by atoms with Crippen LogP contribution >= 0.6 is 0 Å². The number of ether oxygens (including phenoxy) is 4. The highest BCUT2D eigenvalue weighted by atomic mass is 19.1. The Balaban J connectivity index is 1.40. The Hall–Kier alpha value is -4.44. The Morgan fingerprint density at radius 1 is 1.24 bits per heavy atom. The number of nitrogens with two attached hydrogens (primary N) is 3. The zero-order valence-electron chi connectivity index (χ0n) is 25.8. The molecule has 45 heavy (non-hydrogen) atoms. The summed E-state index contributed by atoms with van der Waals surface area (Å²) < 4.78 is 39.2. The number of carbonyl (C=O) groups is 1. The molecule has 3 aromatic rings. The van der Waals surface area contributed by atoms with Gasteiger partial charge in [-0.25, -0.2) is 15.2 Å². The third-order valence-electron chi connectivity index (χ3n) is 7.06. The van der Waals surface area contributed by atoms with E-state index in [4.69, 9.17) is 41.4 Å². The molecule has 0 bridgehead atoms. The summed E-state index contributed by atoms with van der Waals surface area (Å²) in [6, 6.07) is 5.07. The van der Waals surface area contributed by atoms with E-state index in [1.165, 1.54) is 31.0 Å². The maximum atomic E-state index is 15.0. The molecule has 1 amide bonds. The van der Waals surface area contributed by atoms with Gasteiger partial charge in [0.05, 0.1) is 38.2 Å². The summed E-state index contributed by atoms with van der Waals surface area (Å²) in [4.78, 5) is 17.5. The number of nitrogens with one attached hydrogen (secondary N) is 2. The zero-order chi connectivity index (χ0) is 32.3. The van der Waals surface area contributed by atoms with Crippen LogP contribution in [0.1, 0.15) is 55.0 Å². The van der Waals surface area contributed by atoms with Crippen LogP contribution < -0.4 is 37.8 Å². The van der Waals surface area contributed by atoms with Gasteiger partial charge in [0, 0.05) is 49.5 Å². The Kier molecular flexibility index (Phi) is 11.9. The lowest BCUT2D eigenvalue weighted by atomic mass is 10.1. The Labute approximate surface area is 261 Å². The van der Waals surface area contributed by atoms with Gasteiger partial charge in [-0.05, 0) is 56.4 Å². The number of hydrazone groups is 1. The highest BCUT2D eigenvalue weighted by molar-refractivity contribution is 5.92. The normalized spacial score (nSPS) is 13.6. The summed E-state index contributed by atoms with van der Waals surface area (Å²) in [5.41, 5.74) is 9.90. The van der Waals surface area contributed by atoms with Gasteiger partial charge in [-0.3, -0.25) is 9.80 Å². The summed E-state index contributed by atoms with van der Waals surface area (Å²) >= 11 is 0. The number of halogens is 1. The summed E-state index contributed by atoms with van der Waals surface area (Å²) in [6.45, 7) is 5.64. The maximum absolute atomic E-state index is 15.0. The second kappa shape index (κ2) is 16.0. The van der Waals surface area contributed by atoms with Crippen molar-refractivity contribution in [3.05, 3.63) is 70.7 Å². The molecule has 14 nitrogen and oxygen atoms in total. The second-order valence-electron chi connectivity index (χ2n) is 10.3. The van der Waals surface area contributed by atoms with Gasteiger partial charge in [-0.15, -0.1) is 0 Å². The van der Waals surface area contributed by atoms with Gasteiger partial charge in [-0.2, -0.15) is 5.10 Å². The van der Waals surface area contributed by atoms with Gasteiger partial charge in [0.15, 0.2) is 17.9 Å². The smallest absolute Gasteiger partial charge is 0.268 e. The predicted molar refractivity (Wildman–Crippen MR) is 167 cm³/mol. The quantitative estimate of drug-likeness (QED) is 0.0347. The van der Waals surface area contributed by atoms with Crippen LogP contribution in [0.5, 0.6) is 5.75 Å². The van der Waals surface area contributed by atoms with Crippen LogP contribution in [0.2, 0.25) is 0 Å². The molecule has 1 saturated carbocycles. The number of carbonyl (C=O) groups excluding carboxylic acids is 1. The number of hydrogen-bond acceptors (Lipinski definition) is 11. The van der Waals surface area contributed by atoms with Gasteiger partial charge in [0.1, 0.15) is 17.7 Å². The molecule has 8 N–H and O–H groups in total. The molecular weight excluding hydrogens is 585 g/mol. The zero-order valence-corrected chi connectivity index (χ0v) is 25.8. The van der Waals surface area contributed by atoms with E-state index in [2.05, 4.69) is 28.0 Å². The van der Waals surface area contributed by atoms with Crippen LogP contribution in [0.4, 0.5) is 10.1 Å². The number of pyridine rings is 1. The van der Waals surface area contributed by atoms with Crippen molar-refractivity contribution < 1.29 is 28.1 Å². The molecule has 0 radical (unpaired) electrons. The second-order valence-corrected chi connectivity index (χ2v) is 10.3. The Bertz CT molecular complexity index is 1500. The average Bonchev–Trinajstić information content (AvgIpc) is 3.79. The molecule has 1 fully saturated rings. The van der Waals surface area contributed by atoms with Crippen molar-refractivity contribution in [2.24, 2.45) is 22.5 Å². The molecule has 0 atom stereocenters. The van der Waals surface area contributed by atoms with Crippen LogP contribution in [0.15, 0.2) is 47.6 Å². The molecular formula is C30H42FN9O5. The Morgan fingerprint density at radius 2 is 2.00 bits per heavy atom. The number of fused-ring (bicyclic) bond motifs is 1. The van der Waals surface area contributed by atoms with Crippen molar-refractivity contribution in [3.63, 3.8) is 0 Å². The summed E-state index contributed by atoms with van der Waals surface area (Å²) in [5.74, 6) is 10.3. The van der Waals surface area contributed by atoms with Gasteiger partial charge < -0.3 is 45.6 Å². The number of nitrogens with zero attached hydrogens (tertiary/aromatic N) is 4. The van der Waals surface area contributed by atoms with Crippen LogP contribution in [0.25, 0.3) is 5.65 Å². The standard InChI is InChI=1S/C30H42FN9O5/c1-4-44-27(45-5-2)17-43-16-21-10-20(19-6-7-19)14-39-15-22(38-29(21)39)11-35-13-24(32)30(41)36-12-23-25(40(34)18-37-33)8-9-26(42-3)28(23)31/h8-10,13-15,18-19,27,35H,4-7,11-12,16-17,32-34H2,1-3H3,(H,36,41)/b24-13-,37-18-. The van der Waals surface area contributed by atoms with Crippen molar-refractivity contribution >= 4 is 23.6 Å². The number of amides is 1. The first-order valence-electron chi connectivity index (χ1n) is 14.7. The van der Waals surface area contributed by atoms with Crippen LogP contribution in [0.3, 0.4) is 0 Å². The summed E-state index contributed by atoms with van der Waals surface area (Å²) in [7, 11) is 1.33. The van der Waals surface area contributed by atoms with Crippen molar-refractivity contribution in [1.29, 1.82) is 0 Å². The summed E-state index contributed by atoms with van der Waals surface area (Å²) in [6.07, 6.45) is 8.41. The minimum atomic E-state index is -0.693. The predicted octanol–water partition coefficient (Wildman–Crippen LogP) is 2.06. The molecule has 0 saturated heterocycles. The van der Waals surface area contributed by atoms with Gasteiger partial charge in [0.25, 0.3) is 5.91 Å². The number of benzene rings is 1. The molecule has 244 valence electrons. The SMILES string of the molecule is CCOC(COCc1cc(C2CC2)cn2cc(CN/C=C(\N)C(=O)NCc3c(N(N)/C=N\N)ccc(OC)c3F)nc12)OCC. The van der Waals surface area contributed by atoms with Crippen LogP contribution in [-0.4, -0.2) is 54.9 Å². The van der Waals surface area contributed by atoms with E-state index >= 15 is 4.39 Å². The van der Waals surface area contributed by atoms with E-state index in [0.717, 1.165) is 41.1 Å². The first-order chi connectivity index (χ1) is 21.8. The van der Waals surface area contributed by atoms with Crippen LogP contribution in [0, 0.1) is 5.82 Å². The molecule has 0 spiro atoms. The molecule has 0 aliphatic heterocycles. The monoisotopic (exact) mass is 627 g/mol. The number of hydrogen-bond donors (Lipinski definition) is 5. The third-order valence-corrected chi connectivity index (χ3v) is 7.06. The van der Waals surface area contributed by atoms with E-state index in [-0.39, 0.29) is 29.2 Å². The number of rotatable bonds is 18. The lowest BCUT2D eigenvalue weighted by Gasteiger charge is -2.19. The van der Waals surface area contributed by atoms with Crippen molar-refractivity contribution in [2.75, 3.05) is 31.9 Å². The molecule has 15 heteroatoms. The highest BCUT2D eigenvalue weighted by Crippen LogP contribution is 2.40. The van der Waals surface area contributed by atoms with Crippen LogP contribution in [-0.2, 0) is 38.7 Å². The van der Waals surface area contributed by atoms with Crippen molar-refractivity contribution in [2.45, 2.75) is 58.6 Å². The molecule has 0 unspecified atom stereocenters. The fourth-order valence-electron chi connectivity index (χ4n) is 4.75. The van der Waals surface area contributed by atoms with Gasteiger partial charge in [-0.1, -0.05) is 0 Å². The number of methoxy groups -OCH3 is 1. The lowest BCUT2D eigenvalue weighted by molar-refractivity contribution is -0.169. The Morgan fingerprint density at radius 3 is 2.67 bits per heavy atom. The molecule has 1 aliphatic rings. The van der Waals surface area contributed by atoms with E-state index in [1.807, 2.05) is 24.4 Å². The first-order valence-corrected chi connectivity index (χ1v) is 14.7. The third kappa shape index (κ3) is 8.82. The van der Waals surface area contributed by atoms with E-state index in [1.54, 1.807) is 0 Å². The fourth-order valence-corrected chi connectivity index (χ4v) is 4.75. The molecule has 4 rings (SSSR count). The van der Waals surface area contributed by atoms with E-state index < -0.39 is 18.0 Å². The molecule has 1 aliphatic carbocycles. The topological polar surface area (TPSA) is 189 Å². The summed E-state index contributed by atoms with van der Waals surface area (Å²) in [5, 5.41) is 10.0. The minimum absolute atomic E-state index is 0.0158. The van der Waals surface area contributed by atoms with Crippen molar-refractivity contribution in [3.8, 4) is 5.75 Å². The largest absolute Gasteiger partial charge is 0.494 e. The number of aromatic nitrogens is 2. The maximum Gasteiger partial charge on any atom is 0.268 e. The number of anilines is 1. The van der Waals surface area contributed by atoms with Gasteiger partial charge >= 0.3 is 0 Å². The fraction of sp³-hybridized carbons (Fsp3) is 0.433. The number of imidazole rings is 1. The molecule has 1 aromatic carbocycles.